The summed E-state index contributed by atoms with van der Waals surface area (Å²) >= 11 is 0. The quantitative estimate of drug-likeness (QED) is 0.0512. The highest BCUT2D eigenvalue weighted by Gasteiger charge is 2.56. The Hall–Kier alpha value is -3.69. The van der Waals surface area contributed by atoms with Crippen LogP contribution in [0.15, 0.2) is 15.3 Å². The predicted molar refractivity (Wildman–Crippen MR) is 210 cm³/mol. The normalized spacial score (nSPS) is 47.2. The molecule has 0 spiro atoms. The molecule has 0 aromatic rings. The van der Waals surface area contributed by atoms with E-state index in [0.29, 0.717) is 0 Å². The Balaban J connectivity index is 1.32. The number of ether oxygens (including phenoxy) is 10. The van der Waals surface area contributed by atoms with Crippen LogP contribution in [-0.2, 0) is 57.0 Å². The minimum Gasteiger partial charge on any atom is -0.479 e. The predicted octanol–water partition coefficient (Wildman–Crippen LogP) is 0.981. The molecular formula is C37H59N9O18. The Bertz CT molecular complexity index is 1730. The number of aliphatic carboxylic acids is 1. The molecule has 5 aliphatic heterocycles. The van der Waals surface area contributed by atoms with Crippen molar-refractivity contribution in [3.05, 3.63) is 31.3 Å². The molecule has 5 saturated heterocycles. The minimum absolute atomic E-state index is 0.0481. The largest absolute Gasteiger partial charge is 0.479 e. The Morgan fingerprint density at radius 1 is 0.547 bits per heavy atom. The highest BCUT2D eigenvalue weighted by atomic mass is 16.8. The van der Waals surface area contributed by atoms with Crippen molar-refractivity contribution in [2.45, 2.75) is 165 Å². The Labute approximate surface area is 366 Å². The molecule has 27 heteroatoms. The second-order valence-electron chi connectivity index (χ2n) is 17.0. The van der Waals surface area contributed by atoms with Crippen LogP contribution in [0.5, 0.6) is 0 Å². The maximum Gasteiger partial charge on any atom is 0.335 e. The fourth-order valence-electron chi connectivity index (χ4n) is 9.13. The van der Waals surface area contributed by atoms with Crippen molar-refractivity contribution in [1.82, 2.24) is 0 Å². The molecular weight excluding hydrogens is 858 g/mol. The van der Waals surface area contributed by atoms with Gasteiger partial charge in [-0.15, -0.1) is 0 Å². The van der Waals surface area contributed by atoms with E-state index in [1.807, 2.05) is 6.92 Å². The van der Waals surface area contributed by atoms with Crippen molar-refractivity contribution in [1.29, 1.82) is 0 Å². The lowest BCUT2D eigenvalue weighted by Gasteiger charge is -2.50. The van der Waals surface area contributed by atoms with Crippen molar-refractivity contribution in [3.63, 3.8) is 0 Å². The van der Waals surface area contributed by atoms with E-state index >= 15 is 0 Å². The average molecular weight is 918 g/mol. The number of carboxylic acids is 1. The van der Waals surface area contributed by atoms with E-state index in [-0.39, 0.29) is 24.9 Å². The first kappa shape index (κ1) is 51.3. The molecule has 6 N–H and O–H groups in total. The van der Waals surface area contributed by atoms with E-state index in [4.69, 9.17) is 52.9 Å². The molecule has 5 rings (SSSR count). The van der Waals surface area contributed by atoms with Gasteiger partial charge in [0, 0.05) is 26.6 Å². The summed E-state index contributed by atoms with van der Waals surface area (Å²) in [5.41, 5.74) is 28.0. The molecule has 25 atom stereocenters. The van der Waals surface area contributed by atoms with Gasteiger partial charge in [-0.2, -0.15) is 0 Å². The van der Waals surface area contributed by atoms with E-state index in [0.717, 1.165) is 0 Å². The minimum atomic E-state index is -1.82. The monoisotopic (exact) mass is 917 g/mol. The fourth-order valence-corrected chi connectivity index (χ4v) is 9.13. The lowest BCUT2D eigenvalue weighted by Crippen LogP contribution is -2.65. The number of carboxylic acid groups (broad SMARTS) is 1. The van der Waals surface area contributed by atoms with Gasteiger partial charge in [0.2, 0.25) is 6.29 Å². The summed E-state index contributed by atoms with van der Waals surface area (Å²) < 4.78 is 59.5. The molecule has 0 aromatic heterocycles. The highest BCUT2D eigenvalue weighted by molar-refractivity contribution is 5.73. The fraction of sp³-hybridized carbons (Fsp3) is 0.946. The van der Waals surface area contributed by atoms with Crippen molar-refractivity contribution in [2.24, 2.45) is 50.9 Å². The molecule has 8 unspecified atom stereocenters. The van der Waals surface area contributed by atoms with E-state index in [1.54, 1.807) is 34.6 Å². The summed E-state index contributed by atoms with van der Waals surface area (Å²) in [6.07, 6.45) is -21.4. The molecule has 0 aliphatic carbocycles. The van der Waals surface area contributed by atoms with Gasteiger partial charge in [0.15, 0.2) is 31.3 Å². The zero-order chi connectivity index (χ0) is 47.2. The van der Waals surface area contributed by atoms with E-state index in [1.165, 1.54) is 6.92 Å². The summed E-state index contributed by atoms with van der Waals surface area (Å²) in [7, 11) is 0. The standard InChI is InChI=1S/C37H59N9O18/c1-12-13(2)23(42-45-39)34(57-19(12)8-47)60-28-14(3)15(4)33(63-31(28)32(53)54)62-30-21(10-49)58-35(24(26(30)52)43-46-40)61-29-17(6)25(51)36(64-37(29)55-11-50)59-27-16(5)22(41-44-38)18(7)56-20(27)9-48/h11-31,33-37,47-49,51-52H,8-10H2,1-7H3,(H,53,54)/t12-,13-,14+,15?,16+,17+,18+,19-,20?,21?,22?,23?,24?,25?,26+,27-,28-,29-,30+,31+,33+,34+,35+,36+,37?/m0/s1. The zero-order valence-electron chi connectivity index (χ0n) is 36.2. The van der Waals surface area contributed by atoms with E-state index in [2.05, 4.69) is 30.1 Å². The number of hydrogen-bond donors (Lipinski definition) is 6. The molecule has 0 saturated carbocycles. The Morgan fingerprint density at radius 3 is 1.67 bits per heavy atom. The average Bonchev–Trinajstić information content (AvgIpc) is 3.27. The number of hydrogen-bond acceptors (Lipinski definition) is 20. The molecule has 27 nitrogen and oxygen atoms in total. The highest BCUT2D eigenvalue weighted by Crippen LogP contribution is 2.42. The molecule has 0 amide bonds. The van der Waals surface area contributed by atoms with Crippen LogP contribution in [0.2, 0.25) is 0 Å². The first-order valence-electron chi connectivity index (χ1n) is 21.0. The van der Waals surface area contributed by atoms with Gasteiger partial charge in [-0.1, -0.05) is 56.9 Å². The van der Waals surface area contributed by atoms with Crippen LogP contribution in [0, 0.1) is 35.5 Å². The van der Waals surface area contributed by atoms with Crippen molar-refractivity contribution < 1.29 is 87.6 Å². The van der Waals surface area contributed by atoms with Crippen LogP contribution < -0.4 is 0 Å². The molecule has 0 aromatic carbocycles. The molecule has 5 aliphatic rings. The zero-order valence-corrected chi connectivity index (χ0v) is 36.2. The van der Waals surface area contributed by atoms with Gasteiger partial charge >= 0.3 is 5.97 Å². The molecule has 5 heterocycles. The van der Waals surface area contributed by atoms with Crippen LogP contribution in [0.1, 0.15) is 48.5 Å². The number of aliphatic hydroxyl groups is 5. The topological polar surface area (TPSA) is 394 Å². The second kappa shape index (κ2) is 22.7. The van der Waals surface area contributed by atoms with E-state index < -0.39 is 160 Å². The van der Waals surface area contributed by atoms with Crippen molar-refractivity contribution >= 4 is 12.4 Å². The first-order chi connectivity index (χ1) is 30.5. The number of carbonyl (C=O) groups excluding carboxylic acids is 1. The van der Waals surface area contributed by atoms with Gasteiger partial charge in [0.1, 0.15) is 42.7 Å². The van der Waals surface area contributed by atoms with Gasteiger partial charge in [0.25, 0.3) is 6.47 Å². The number of nitrogens with zero attached hydrogens (tertiary/aromatic N) is 9. The maximum absolute atomic E-state index is 12.7. The molecule has 64 heavy (non-hydrogen) atoms. The first-order valence-corrected chi connectivity index (χ1v) is 21.0. The smallest absolute Gasteiger partial charge is 0.335 e. The summed E-state index contributed by atoms with van der Waals surface area (Å²) in [6.45, 7) is 10.1. The van der Waals surface area contributed by atoms with Crippen LogP contribution in [0.4, 0.5) is 0 Å². The van der Waals surface area contributed by atoms with Crippen LogP contribution in [0.3, 0.4) is 0 Å². The molecule has 5 fully saturated rings. The molecule has 0 radical (unpaired) electrons. The molecule has 360 valence electrons. The summed E-state index contributed by atoms with van der Waals surface area (Å²) in [5, 5.41) is 75.4. The lowest BCUT2D eigenvalue weighted by molar-refractivity contribution is -0.383. The maximum atomic E-state index is 12.7. The third-order valence-corrected chi connectivity index (χ3v) is 13.4. The van der Waals surface area contributed by atoms with Crippen LogP contribution in [-0.4, -0.2) is 180 Å². The third kappa shape index (κ3) is 10.6. The van der Waals surface area contributed by atoms with Gasteiger partial charge in [-0.25, -0.2) is 4.79 Å². The second-order valence-corrected chi connectivity index (χ2v) is 17.0. The van der Waals surface area contributed by atoms with Gasteiger partial charge in [-0.05, 0) is 47.2 Å². The van der Waals surface area contributed by atoms with Crippen LogP contribution >= 0.6 is 0 Å². The number of rotatable bonds is 17. The number of aliphatic hydroxyl groups excluding tert-OH is 5. The molecule has 0 bridgehead atoms. The lowest BCUT2D eigenvalue weighted by atomic mass is 9.81. The number of carbonyl (C=O) groups is 2. The Kier molecular flexibility index (Phi) is 18.2. The van der Waals surface area contributed by atoms with E-state index in [9.17, 15) is 51.3 Å². The SMILES string of the molecule is CC1[C@H](O[C@@H]2C(CO)O[C@H](O[C@@H]3C(OC=O)O[C@@H](O[C@@H]4C(CO)O[C@H](C)C(N=[N+]=[N-])[C@H]4C)C(O)[C@H]3C)C(N=[N+]=[N-])[C@H]2O)O[C@@H](C(=O)O)[C@@H](O[C@H]2O[C@@H](CO)[C@@H](C)[C@H](C)C2N=[N+]=[N-])[C@@H]1C. The third-order valence-electron chi connectivity index (χ3n) is 13.4. The van der Waals surface area contributed by atoms with Gasteiger partial charge in [0.05, 0.1) is 56.3 Å². The van der Waals surface area contributed by atoms with Gasteiger partial charge in [-0.3, -0.25) is 4.79 Å². The van der Waals surface area contributed by atoms with Gasteiger partial charge < -0.3 is 78.0 Å². The Morgan fingerprint density at radius 2 is 1.08 bits per heavy atom. The number of azide groups is 3. The van der Waals surface area contributed by atoms with Crippen molar-refractivity contribution in [3.8, 4) is 0 Å². The van der Waals surface area contributed by atoms with Crippen molar-refractivity contribution in [2.75, 3.05) is 19.8 Å². The summed E-state index contributed by atoms with van der Waals surface area (Å²) in [6, 6.07) is -3.25. The van der Waals surface area contributed by atoms with Crippen LogP contribution in [0.25, 0.3) is 31.3 Å². The summed E-state index contributed by atoms with van der Waals surface area (Å²) in [4.78, 5) is 33.1. The summed E-state index contributed by atoms with van der Waals surface area (Å²) in [5.74, 6) is -4.98.